The lowest BCUT2D eigenvalue weighted by Crippen LogP contribution is -1.98. The Balaban J connectivity index is 3.34. The van der Waals surface area contributed by atoms with Gasteiger partial charge in [-0.1, -0.05) is 234 Å². The van der Waals surface area contributed by atoms with Gasteiger partial charge >= 0.3 is 0 Å². The largest absolute Gasteiger partial charge is 0.0654 e. The first-order valence-electron chi connectivity index (χ1n) is 19.1. The van der Waals surface area contributed by atoms with E-state index in [1.54, 1.807) is 0 Å². The standard InChI is InChI=1S/C39H80/c1-6-8-10-12-14-15-16-17-18-20-22-26-32-38(4)34-28-24-30-36-39(5)35-29-23-27-33-37(3)31-25-21-19-13-11-9-7-2/h37-39H,6-36H2,1-5H3. The summed E-state index contributed by atoms with van der Waals surface area (Å²) in [6.45, 7) is 12.1. The Morgan fingerprint density at radius 2 is 0.385 bits per heavy atom. The molecular weight excluding hydrogens is 468 g/mol. The molecule has 0 aromatic rings. The van der Waals surface area contributed by atoms with Gasteiger partial charge in [0.05, 0.1) is 0 Å². The molecule has 0 heteroatoms. The second-order valence-corrected chi connectivity index (χ2v) is 14.2. The first-order valence-corrected chi connectivity index (χ1v) is 19.1. The van der Waals surface area contributed by atoms with Crippen molar-refractivity contribution in [1.29, 1.82) is 0 Å². The second kappa shape index (κ2) is 32.5. The summed E-state index contributed by atoms with van der Waals surface area (Å²) < 4.78 is 0. The van der Waals surface area contributed by atoms with Crippen molar-refractivity contribution in [3.05, 3.63) is 0 Å². The van der Waals surface area contributed by atoms with Crippen molar-refractivity contribution in [3.8, 4) is 0 Å². The molecule has 0 saturated heterocycles. The quantitative estimate of drug-likeness (QED) is 0.0715. The molecule has 0 bridgehead atoms. The molecule has 0 spiro atoms. The van der Waals surface area contributed by atoms with Crippen LogP contribution in [0.15, 0.2) is 0 Å². The normalized spacial score (nSPS) is 14.1. The molecule has 0 radical (unpaired) electrons. The fourth-order valence-electron chi connectivity index (χ4n) is 6.54. The third kappa shape index (κ3) is 32.4. The van der Waals surface area contributed by atoms with Crippen molar-refractivity contribution in [2.75, 3.05) is 0 Å². The van der Waals surface area contributed by atoms with Gasteiger partial charge in [-0.05, 0) is 17.8 Å². The highest BCUT2D eigenvalue weighted by molar-refractivity contribution is 4.60. The summed E-state index contributed by atoms with van der Waals surface area (Å²) in [7, 11) is 0. The molecule has 0 amide bonds. The smallest absolute Gasteiger partial charge is 0.0443 e. The Bertz CT molecular complexity index is 426. The highest BCUT2D eigenvalue weighted by Gasteiger charge is 2.06. The summed E-state index contributed by atoms with van der Waals surface area (Å²) >= 11 is 0. The molecule has 0 aromatic carbocycles. The lowest BCUT2D eigenvalue weighted by atomic mass is 9.92. The molecule has 39 heavy (non-hydrogen) atoms. The van der Waals surface area contributed by atoms with Gasteiger partial charge in [-0.2, -0.15) is 0 Å². The van der Waals surface area contributed by atoms with Gasteiger partial charge in [-0.3, -0.25) is 0 Å². The Kier molecular flexibility index (Phi) is 32.5. The minimum absolute atomic E-state index is 0.952. The van der Waals surface area contributed by atoms with Crippen LogP contribution in [0.4, 0.5) is 0 Å². The summed E-state index contributed by atoms with van der Waals surface area (Å²) in [6, 6.07) is 0. The lowest BCUT2D eigenvalue weighted by molar-refractivity contribution is 0.398. The molecule has 0 saturated carbocycles. The molecule has 0 aliphatic heterocycles. The fourth-order valence-corrected chi connectivity index (χ4v) is 6.54. The predicted molar refractivity (Wildman–Crippen MR) is 182 cm³/mol. The van der Waals surface area contributed by atoms with Gasteiger partial charge in [-0.15, -0.1) is 0 Å². The van der Waals surface area contributed by atoms with E-state index in [2.05, 4.69) is 34.6 Å². The van der Waals surface area contributed by atoms with E-state index in [0.29, 0.717) is 0 Å². The van der Waals surface area contributed by atoms with Gasteiger partial charge in [0.25, 0.3) is 0 Å². The first-order chi connectivity index (χ1) is 19.1. The highest BCUT2D eigenvalue weighted by Crippen LogP contribution is 2.22. The van der Waals surface area contributed by atoms with E-state index < -0.39 is 0 Å². The maximum Gasteiger partial charge on any atom is -0.0443 e. The molecular formula is C39H80. The number of hydrogen-bond donors (Lipinski definition) is 0. The van der Waals surface area contributed by atoms with E-state index in [-0.39, 0.29) is 0 Å². The number of unbranched alkanes of at least 4 members (excludes halogenated alkanes) is 21. The molecule has 0 aliphatic rings. The lowest BCUT2D eigenvalue weighted by Gasteiger charge is -2.14. The van der Waals surface area contributed by atoms with Crippen LogP contribution in [0.1, 0.15) is 234 Å². The second-order valence-electron chi connectivity index (χ2n) is 14.2. The molecule has 0 aromatic heterocycles. The molecule has 0 fully saturated rings. The van der Waals surface area contributed by atoms with Crippen LogP contribution >= 0.6 is 0 Å². The third-order valence-electron chi connectivity index (χ3n) is 9.64. The van der Waals surface area contributed by atoms with Crippen LogP contribution in [0.3, 0.4) is 0 Å². The summed E-state index contributed by atoms with van der Waals surface area (Å²) in [6.07, 6.45) is 45.5. The van der Waals surface area contributed by atoms with Crippen molar-refractivity contribution < 1.29 is 0 Å². The van der Waals surface area contributed by atoms with E-state index in [9.17, 15) is 0 Å². The van der Waals surface area contributed by atoms with Crippen molar-refractivity contribution in [1.82, 2.24) is 0 Å². The summed E-state index contributed by atoms with van der Waals surface area (Å²) in [5.74, 6) is 2.87. The van der Waals surface area contributed by atoms with Crippen LogP contribution < -0.4 is 0 Å². The monoisotopic (exact) mass is 549 g/mol. The van der Waals surface area contributed by atoms with Gasteiger partial charge in [0.15, 0.2) is 0 Å². The van der Waals surface area contributed by atoms with Crippen molar-refractivity contribution in [3.63, 3.8) is 0 Å². The number of rotatable bonds is 33. The van der Waals surface area contributed by atoms with Crippen LogP contribution in [0.2, 0.25) is 0 Å². The maximum absolute atomic E-state index is 2.51. The summed E-state index contributed by atoms with van der Waals surface area (Å²) in [5.41, 5.74) is 0. The molecule has 3 atom stereocenters. The fraction of sp³-hybridized carbons (Fsp3) is 1.00. The van der Waals surface area contributed by atoms with E-state index in [0.717, 1.165) is 17.8 Å². The Morgan fingerprint density at radius 3 is 0.590 bits per heavy atom. The minimum Gasteiger partial charge on any atom is -0.0654 e. The van der Waals surface area contributed by atoms with Crippen LogP contribution in [0.5, 0.6) is 0 Å². The van der Waals surface area contributed by atoms with Gasteiger partial charge in [-0.25, -0.2) is 0 Å². The molecule has 3 unspecified atom stereocenters. The van der Waals surface area contributed by atoms with Crippen molar-refractivity contribution in [2.24, 2.45) is 17.8 Å². The molecule has 0 heterocycles. The Labute approximate surface area is 251 Å². The maximum atomic E-state index is 2.51. The van der Waals surface area contributed by atoms with Gasteiger partial charge in [0, 0.05) is 0 Å². The molecule has 236 valence electrons. The molecule has 0 rings (SSSR count). The zero-order chi connectivity index (χ0) is 28.7. The molecule has 0 nitrogen and oxygen atoms in total. The zero-order valence-corrected chi connectivity index (χ0v) is 28.7. The summed E-state index contributed by atoms with van der Waals surface area (Å²) in [5, 5.41) is 0. The van der Waals surface area contributed by atoms with E-state index in [1.165, 1.54) is 199 Å². The summed E-state index contributed by atoms with van der Waals surface area (Å²) in [4.78, 5) is 0. The van der Waals surface area contributed by atoms with Gasteiger partial charge in [0.2, 0.25) is 0 Å². The zero-order valence-electron chi connectivity index (χ0n) is 28.7. The van der Waals surface area contributed by atoms with Crippen molar-refractivity contribution in [2.45, 2.75) is 234 Å². The van der Waals surface area contributed by atoms with Crippen LogP contribution in [0, 0.1) is 17.8 Å². The SMILES string of the molecule is CCCCCCCCCCCCCCC(C)CCCCCC(C)CCCCCC(C)CCCCCCCCC. The van der Waals surface area contributed by atoms with Crippen molar-refractivity contribution >= 4 is 0 Å². The Hall–Kier alpha value is 0. The molecule has 0 N–H and O–H groups in total. The predicted octanol–water partition coefficient (Wildman–Crippen LogP) is 15.0. The van der Waals surface area contributed by atoms with Crippen LogP contribution in [-0.2, 0) is 0 Å². The molecule has 0 aliphatic carbocycles. The van der Waals surface area contributed by atoms with E-state index in [1.807, 2.05) is 0 Å². The van der Waals surface area contributed by atoms with E-state index in [4.69, 9.17) is 0 Å². The van der Waals surface area contributed by atoms with Gasteiger partial charge in [0.1, 0.15) is 0 Å². The average molecular weight is 549 g/mol. The Morgan fingerprint density at radius 1 is 0.231 bits per heavy atom. The average Bonchev–Trinajstić information content (AvgIpc) is 2.92. The number of hydrogen-bond acceptors (Lipinski definition) is 0. The van der Waals surface area contributed by atoms with Crippen LogP contribution in [-0.4, -0.2) is 0 Å². The highest BCUT2D eigenvalue weighted by atomic mass is 14.1. The third-order valence-corrected chi connectivity index (χ3v) is 9.64. The van der Waals surface area contributed by atoms with E-state index >= 15 is 0 Å². The minimum atomic E-state index is 0.952. The first kappa shape index (κ1) is 39.0. The van der Waals surface area contributed by atoms with Crippen LogP contribution in [0.25, 0.3) is 0 Å². The topological polar surface area (TPSA) is 0 Å². The van der Waals surface area contributed by atoms with Gasteiger partial charge < -0.3 is 0 Å².